The lowest BCUT2D eigenvalue weighted by Gasteiger charge is -2.06. The van der Waals surface area contributed by atoms with Crippen LogP contribution in [0.4, 0.5) is 13.2 Å². The third-order valence-corrected chi connectivity index (χ3v) is 3.39. The predicted molar refractivity (Wildman–Crippen MR) is 75.2 cm³/mol. The van der Waals surface area contributed by atoms with Crippen LogP contribution >= 0.6 is 0 Å². The van der Waals surface area contributed by atoms with Crippen molar-refractivity contribution in [1.82, 2.24) is 0 Å². The zero-order valence-corrected chi connectivity index (χ0v) is 11.4. The Morgan fingerprint density at radius 3 is 2.33 bits per heavy atom. The summed E-state index contributed by atoms with van der Waals surface area (Å²) in [5, 5.41) is 1.00. The Kier molecular flexibility index (Phi) is 3.24. The first-order chi connectivity index (χ1) is 9.91. The predicted octanol–water partition coefficient (Wildman–Crippen LogP) is 5.35. The fourth-order valence-electron chi connectivity index (χ4n) is 2.29. The summed E-state index contributed by atoms with van der Waals surface area (Å²) in [6, 6.07) is 13.0. The molecule has 0 saturated heterocycles. The molecule has 1 heterocycles. The van der Waals surface area contributed by atoms with Crippen molar-refractivity contribution in [2.75, 3.05) is 0 Å². The lowest BCUT2D eigenvalue weighted by Crippen LogP contribution is -2.04. The topological polar surface area (TPSA) is 13.1 Å². The lowest BCUT2D eigenvalue weighted by atomic mass is 10.1. The van der Waals surface area contributed by atoms with Crippen LogP contribution in [0.1, 0.15) is 22.5 Å². The standard InChI is InChI=1S/C17H13F3O/c1-11-2-5-13-10-15(21-16(13)8-11)9-12-3-6-14(7-4-12)17(18,19)20/h2-8,10H,9H2,1H3. The molecule has 2 aromatic carbocycles. The number of benzene rings is 2. The maximum Gasteiger partial charge on any atom is 0.416 e. The van der Waals surface area contributed by atoms with Gasteiger partial charge in [0, 0.05) is 11.8 Å². The second-order valence-corrected chi connectivity index (χ2v) is 5.13. The number of furan rings is 1. The molecule has 0 bridgehead atoms. The molecular weight excluding hydrogens is 277 g/mol. The highest BCUT2D eigenvalue weighted by molar-refractivity contribution is 5.78. The van der Waals surface area contributed by atoms with Crippen molar-refractivity contribution in [2.24, 2.45) is 0 Å². The first-order valence-corrected chi connectivity index (χ1v) is 6.57. The van der Waals surface area contributed by atoms with Crippen molar-refractivity contribution in [1.29, 1.82) is 0 Å². The number of hydrogen-bond acceptors (Lipinski definition) is 1. The van der Waals surface area contributed by atoms with Crippen molar-refractivity contribution >= 4 is 11.0 Å². The molecule has 0 aliphatic heterocycles. The van der Waals surface area contributed by atoms with E-state index in [0.29, 0.717) is 6.42 Å². The summed E-state index contributed by atoms with van der Waals surface area (Å²) in [6.45, 7) is 1.98. The van der Waals surface area contributed by atoms with Gasteiger partial charge in [-0.1, -0.05) is 24.3 Å². The average Bonchev–Trinajstić information content (AvgIpc) is 2.79. The average molecular weight is 290 g/mol. The van der Waals surface area contributed by atoms with Crippen molar-refractivity contribution in [3.8, 4) is 0 Å². The summed E-state index contributed by atoms with van der Waals surface area (Å²) >= 11 is 0. The van der Waals surface area contributed by atoms with Crippen molar-refractivity contribution in [3.63, 3.8) is 0 Å². The van der Waals surface area contributed by atoms with E-state index in [1.54, 1.807) is 0 Å². The normalized spacial score (nSPS) is 12.0. The zero-order chi connectivity index (χ0) is 15.0. The second kappa shape index (κ2) is 4.95. The van der Waals surface area contributed by atoms with E-state index < -0.39 is 11.7 Å². The minimum Gasteiger partial charge on any atom is -0.461 e. The molecule has 3 rings (SSSR count). The Bertz CT molecular complexity index is 767. The molecular formula is C17H13F3O. The highest BCUT2D eigenvalue weighted by Crippen LogP contribution is 2.29. The van der Waals surface area contributed by atoms with Gasteiger partial charge in [-0.05, 0) is 42.3 Å². The molecule has 0 amide bonds. The van der Waals surface area contributed by atoms with Gasteiger partial charge < -0.3 is 4.42 Å². The highest BCUT2D eigenvalue weighted by atomic mass is 19.4. The number of rotatable bonds is 2. The fourth-order valence-corrected chi connectivity index (χ4v) is 2.29. The Labute approximate surface area is 120 Å². The first kappa shape index (κ1) is 13.7. The molecule has 0 saturated carbocycles. The lowest BCUT2D eigenvalue weighted by molar-refractivity contribution is -0.137. The molecule has 0 fully saturated rings. The van der Waals surface area contributed by atoms with E-state index in [4.69, 9.17) is 4.42 Å². The van der Waals surface area contributed by atoms with E-state index in [9.17, 15) is 13.2 Å². The Balaban J connectivity index is 1.84. The van der Waals surface area contributed by atoms with Gasteiger partial charge in [0.25, 0.3) is 0 Å². The SMILES string of the molecule is Cc1ccc2cc(Cc3ccc(C(F)(F)F)cc3)oc2c1. The van der Waals surface area contributed by atoms with E-state index in [1.807, 2.05) is 31.2 Å². The maximum atomic E-state index is 12.5. The summed E-state index contributed by atoms with van der Waals surface area (Å²) in [6.07, 6.45) is -3.82. The van der Waals surface area contributed by atoms with Gasteiger partial charge in [-0.3, -0.25) is 0 Å². The number of halogens is 3. The van der Waals surface area contributed by atoms with Gasteiger partial charge >= 0.3 is 6.18 Å². The fraction of sp³-hybridized carbons (Fsp3) is 0.176. The first-order valence-electron chi connectivity index (χ1n) is 6.57. The van der Waals surface area contributed by atoms with Crippen LogP contribution in [-0.2, 0) is 12.6 Å². The van der Waals surface area contributed by atoms with Crippen molar-refractivity contribution in [3.05, 3.63) is 71.0 Å². The summed E-state index contributed by atoms with van der Waals surface area (Å²) in [5.41, 5.74) is 2.07. The summed E-state index contributed by atoms with van der Waals surface area (Å²) in [4.78, 5) is 0. The van der Waals surface area contributed by atoms with Crippen molar-refractivity contribution < 1.29 is 17.6 Å². The molecule has 3 aromatic rings. The number of aryl methyl sites for hydroxylation is 1. The largest absolute Gasteiger partial charge is 0.461 e. The van der Waals surface area contributed by atoms with Gasteiger partial charge in [-0.25, -0.2) is 0 Å². The highest BCUT2D eigenvalue weighted by Gasteiger charge is 2.29. The molecule has 0 aliphatic carbocycles. The molecule has 108 valence electrons. The summed E-state index contributed by atoms with van der Waals surface area (Å²) < 4.78 is 43.2. The third-order valence-electron chi connectivity index (χ3n) is 3.39. The Morgan fingerprint density at radius 1 is 0.952 bits per heavy atom. The van der Waals surface area contributed by atoms with Gasteiger partial charge in [-0.15, -0.1) is 0 Å². The van der Waals surface area contributed by atoms with Gasteiger partial charge in [0.1, 0.15) is 11.3 Å². The van der Waals surface area contributed by atoms with E-state index in [2.05, 4.69) is 0 Å². The van der Waals surface area contributed by atoms with Crippen LogP contribution in [0.15, 0.2) is 52.9 Å². The molecule has 0 spiro atoms. The van der Waals surface area contributed by atoms with Crippen LogP contribution in [0.2, 0.25) is 0 Å². The van der Waals surface area contributed by atoms with E-state index in [-0.39, 0.29) is 0 Å². The second-order valence-electron chi connectivity index (χ2n) is 5.13. The minimum atomic E-state index is -4.30. The molecule has 0 aliphatic rings. The number of alkyl halides is 3. The molecule has 0 N–H and O–H groups in total. The molecule has 21 heavy (non-hydrogen) atoms. The number of fused-ring (bicyclic) bond motifs is 1. The van der Waals surface area contributed by atoms with Gasteiger partial charge in [0.05, 0.1) is 5.56 Å². The summed E-state index contributed by atoms with van der Waals surface area (Å²) in [5.74, 6) is 0.746. The van der Waals surface area contributed by atoms with Gasteiger partial charge in [-0.2, -0.15) is 13.2 Å². The van der Waals surface area contributed by atoms with E-state index in [1.165, 1.54) is 12.1 Å². The van der Waals surface area contributed by atoms with Crippen LogP contribution in [0, 0.1) is 6.92 Å². The minimum absolute atomic E-state index is 0.478. The van der Waals surface area contributed by atoms with Crippen LogP contribution in [0.5, 0.6) is 0 Å². The smallest absolute Gasteiger partial charge is 0.416 e. The van der Waals surface area contributed by atoms with Crippen LogP contribution in [0.3, 0.4) is 0 Å². The zero-order valence-electron chi connectivity index (χ0n) is 11.4. The van der Waals surface area contributed by atoms with Crippen LogP contribution in [0.25, 0.3) is 11.0 Å². The Hall–Kier alpha value is -2.23. The molecule has 0 radical (unpaired) electrons. The Morgan fingerprint density at radius 2 is 1.67 bits per heavy atom. The van der Waals surface area contributed by atoms with E-state index >= 15 is 0 Å². The number of hydrogen-bond donors (Lipinski definition) is 0. The quantitative estimate of drug-likeness (QED) is 0.620. The molecule has 1 aromatic heterocycles. The molecule has 0 unspecified atom stereocenters. The van der Waals surface area contributed by atoms with Crippen LogP contribution < -0.4 is 0 Å². The van der Waals surface area contributed by atoms with Gasteiger partial charge in [0.15, 0.2) is 0 Å². The van der Waals surface area contributed by atoms with Gasteiger partial charge in [0.2, 0.25) is 0 Å². The van der Waals surface area contributed by atoms with Crippen LogP contribution in [-0.4, -0.2) is 0 Å². The third kappa shape index (κ3) is 2.94. The van der Waals surface area contributed by atoms with Crippen molar-refractivity contribution in [2.45, 2.75) is 19.5 Å². The maximum absolute atomic E-state index is 12.5. The molecule has 0 atom stereocenters. The monoisotopic (exact) mass is 290 g/mol. The van der Waals surface area contributed by atoms with E-state index in [0.717, 1.165) is 40.0 Å². The summed E-state index contributed by atoms with van der Waals surface area (Å²) in [7, 11) is 0. The molecule has 4 heteroatoms. The molecule has 1 nitrogen and oxygen atoms in total.